The van der Waals surface area contributed by atoms with Crippen LogP contribution in [0.1, 0.15) is 5.56 Å². The smallest absolute Gasteiger partial charge is 0.124 e. The first-order valence-electron chi connectivity index (χ1n) is 6.98. The van der Waals surface area contributed by atoms with Gasteiger partial charge in [0.2, 0.25) is 0 Å². The Hall–Kier alpha value is -1.23. The van der Waals surface area contributed by atoms with Crippen LogP contribution in [-0.4, -0.2) is 30.6 Å². The van der Waals surface area contributed by atoms with Crippen LogP contribution < -0.4 is 0 Å². The van der Waals surface area contributed by atoms with Crippen LogP contribution >= 0.6 is 35.0 Å². The van der Waals surface area contributed by atoms with Crippen molar-refractivity contribution >= 4 is 40.8 Å². The summed E-state index contributed by atoms with van der Waals surface area (Å²) in [5, 5.41) is 1.23. The van der Waals surface area contributed by atoms with E-state index >= 15 is 0 Å². The Bertz CT molecular complexity index is 686. The lowest BCUT2D eigenvalue weighted by Crippen LogP contribution is -2.28. The van der Waals surface area contributed by atoms with Crippen LogP contribution in [0, 0.1) is 5.82 Å². The monoisotopic (exact) mass is 370 g/mol. The Kier molecular flexibility index (Phi) is 6.75. The second-order valence-corrected chi connectivity index (χ2v) is 6.94. The number of benzene rings is 2. The van der Waals surface area contributed by atoms with E-state index in [4.69, 9.17) is 23.2 Å². The van der Waals surface area contributed by atoms with Crippen molar-refractivity contribution in [1.29, 1.82) is 0 Å². The molecule has 0 atom stereocenters. The van der Waals surface area contributed by atoms with Crippen LogP contribution in [0.2, 0.25) is 10.0 Å². The van der Waals surface area contributed by atoms with Crippen molar-refractivity contribution in [2.45, 2.75) is 11.4 Å². The van der Waals surface area contributed by atoms with Gasteiger partial charge in [-0.05, 0) is 42.0 Å². The summed E-state index contributed by atoms with van der Waals surface area (Å²) in [5.74, 6) is 1.34. The predicted octanol–water partition coefficient (Wildman–Crippen LogP) is 5.38. The molecule has 0 saturated heterocycles. The second kappa shape index (κ2) is 8.57. The highest BCUT2D eigenvalue weighted by atomic mass is 35.5. The van der Waals surface area contributed by atoms with Crippen LogP contribution in [0.5, 0.6) is 0 Å². The highest BCUT2D eigenvalue weighted by Gasteiger charge is 2.09. The molecule has 0 aliphatic heterocycles. The zero-order valence-electron chi connectivity index (χ0n) is 12.9. The van der Waals surface area contributed by atoms with Gasteiger partial charge in [0.05, 0.1) is 5.75 Å². The summed E-state index contributed by atoms with van der Waals surface area (Å²) in [6.07, 6.45) is 0. The summed E-state index contributed by atoms with van der Waals surface area (Å²) in [4.78, 5) is 7.24. The van der Waals surface area contributed by atoms with Crippen molar-refractivity contribution < 1.29 is 4.39 Å². The number of halogens is 3. The van der Waals surface area contributed by atoms with Gasteiger partial charge in [0.25, 0.3) is 0 Å². The first-order valence-corrected chi connectivity index (χ1v) is 8.72. The van der Waals surface area contributed by atoms with Gasteiger partial charge in [-0.1, -0.05) is 29.3 Å². The van der Waals surface area contributed by atoms with Crippen LogP contribution in [0.15, 0.2) is 52.4 Å². The largest absolute Gasteiger partial charge is 0.358 e. The first-order chi connectivity index (χ1) is 11.0. The van der Waals surface area contributed by atoms with Crippen molar-refractivity contribution in [3.05, 3.63) is 63.9 Å². The van der Waals surface area contributed by atoms with Crippen molar-refractivity contribution in [1.82, 2.24) is 4.90 Å². The molecule has 0 aliphatic rings. The molecule has 0 spiro atoms. The van der Waals surface area contributed by atoms with Gasteiger partial charge < -0.3 is 4.90 Å². The van der Waals surface area contributed by atoms with Crippen LogP contribution in [0.4, 0.5) is 4.39 Å². The fourth-order valence-electron chi connectivity index (χ4n) is 2.12. The highest BCUT2D eigenvalue weighted by molar-refractivity contribution is 8.00. The van der Waals surface area contributed by atoms with E-state index < -0.39 is 0 Å². The molecule has 0 saturated carbocycles. The van der Waals surface area contributed by atoms with Crippen molar-refractivity contribution in [2.75, 3.05) is 19.8 Å². The van der Waals surface area contributed by atoms with E-state index in [1.54, 1.807) is 30.9 Å². The molecule has 0 aromatic heterocycles. The van der Waals surface area contributed by atoms with E-state index in [0.717, 1.165) is 16.3 Å². The van der Waals surface area contributed by atoms with E-state index in [9.17, 15) is 4.39 Å². The van der Waals surface area contributed by atoms with Gasteiger partial charge in [0.15, 0.2) is 0 Å². The lowest BCUT2D eigenvalue weighted by molar-refractivity contribution is 0.498. The van der Waals surface area contributed by atoms with E-state index in [-0.39, 0.29) is 5.82 Å². The van der Waals surface area contributed by atoms with Crippen LogP contribution in [-0.2, 0) is 6.54 Å². The maximum atomic E-state index is 13.2. The van der Waals surface area contributed by atoms with Crippen molar-refractivity contribution in [2.24, 2.45) is 4.99 Å². The van der Waals surface area contributed by atoms with Gasteiger partial charge in [-0.2, -0.15) is 0 Å². The number of hydrogen-bond donors (Lipinski definition) is 0. The third-order valence-corrected chi connectivity index (χ3v) is 4.63. The first kappa shape index (κ1) is 18.1. The summed E-state index contributed by atoms with van der Waals surface area (Å²) in [7, 11) is 3.71. The summed E-state index contributed by atoms with van der Waals surface area (Å²) >= 11 is 13.6. The van der Waals surface area contributed by atoms with Gasteiger partial charge >= 0.3 is 0 Å². The number of amidine groups is 1. The number of rotatable bonds is 5. The molecule has 2 aromatic rings. The van der Waals surface area contributed by atoms with Gasteiger partial charge in [-0.15, -0.1) is 11.8 Å². The highest BCUT2D eigenvalue weighted by Crippen LogP contribution is 2.22. The Morgan fingerprint density at radius 1 is 1.17 bits per heavy atom. The van der Waals surface area contributed by atoms with E-state index in [2.05, 4.69) is 4.99 Å². The number of aliphatic imine (C=N–C) groups is 1. The lowest BCUT2D eigenvalue weighted by Gasteiger charge is -2.21. The molecule has 0 radical (unpaired) electrons. The molecule has 6 heteroatoms. The number of thioether (sulfide) groups is 1. The summed E-state index contributed by atoms with van der Waals surface area (Å²) in [6.45, 7) is 0.649. The molecule has 2 rings (SSSR count). The molecule has 2 nitrogen and oxygen atoms in total. The maximum absolute atomic E-state index is 13.2. The Morgan fingerprint density at radius 3 is 2.48 bits per heavy atom. The van der Waals surface area contributed by atoms with Gasteiger partial charge in [0, 0.05) is 35.6 Å². The molecule has 122 valence electrons. The quantitative estimate of drug-likeness (QED) is 0.398. The maximum Gasteiger partial charge on any atom is 0.124 e. The number of nitrogens with zero attached hydrogens (tertiary/aromatic N) is 2. The molecule has 0 N–H and O–H groups in total. The molecule has 0 heterocycles. The average Bonchev–Trinajstić information content (AvgIpc) is 2.46. The normalized spacial score (nSPS) is 11.6. The summed E-state index contributed by atoms with van der Waals surface area (Å²) in [5.41, 5.74) is 1.02. The van der Waals surface area contributed by atoms with Crippen LogP contribution in [0.3, 0.4) is 0 Å². The minimum Gasteiger partial charge on any atom is -0.358 e. The molecule has 0 fully saturated rings. The summed E-state index contributed by atoms with van der Waals surface area (Å²) in [6, 6.07) is 12.0. The van der Waals surface area contributed by atoms with E-state index in [1.165, 1.54) is 12.1 Å². The lowest BCUT2D eigenvalue weighted by atomic mass is 10.2. The van der Waals surface area contributed by atoms with Crippen LogP contribution in [0.25, 0.3) is 0 Å². The molecule has 23 heavy (non-hydrogen) atoms. The molecule has 0 aliphatic carbocycles. The second-order valence-electron chi connectivity index (χ2n) is 5.02. The average molecular weight is 371 g/mol. The van der Waals surface area contributed by atoms with Crippen molar-refractivity contribution in [3.8, 4) is 0 Å². The Balaban J connectivity index is 1.99. The molecular formula is C17H17Cl2FN2S. The fraction of sp³-hybridized carbons (Fsp3) is 0.235. The van der Waals surface area contributed by atoms with Gasteiger partial charge in [-0.25, -0.2) is 4.39 Å². The standard InChI is InChI=1S/C17H17Cl2FN2S/c1-21-17(11-23-16-5-3-4-15(20)9-16)22(2)10-12-6-13(18)8-14(19)7-12/h3-9H,10-11H2,1-2H3. The minimum atomic E-state index is -0.230. The van der Waals surface area contributed by atoms with Gasteiger partial charge in [-0.3, -0.25) is 4.99 Å². The topological polar surface area (TPSA) is 15.6 Å². The van der Waals surface area contributed by atoms with E-state index in [0.29, 0.717) is 22.3 Å². The summed E-state index contributed by atoms with van der Waals surface area (Å²) < 4.78 is 13.2. The zero-order chi connectivity index (χ0) is 16.8. The Labute approximate surface area is 150 Å². The SMILES string of the molecule is CN=C(CSc1cccc(F)c1)N(C)Cc1cc(Cl)cc(Cl)c1. The molecule has 2 aromatic carbocycles. The Morgan fingerprint density at radius 2 is 1.87 bits per heavy atom. The molecular weight excluding hydrogens is 354 g/mol. The van der Waals surface area contributed by atoms with E-state index in [1.807, 2.05) is 30.1 Å². The van der Waals surface area contributed by atoms with Gasteiger partial charge in [0.1, 0.15) is 11.7 Å². The fourth-order valence-corrected chi connectivity index (χ4v) is 3.70. The third kappa shape index (κ3) is 5.72. The molecule has 0 amide bonds. The third-order valence-electron chi connectivity index (χ3n) is 3.20. The predicted molar refractivity (Wildman–Crippen MR) is 98.4 cm³/mol. The molecule has 0 bridgehead atoms. The van der Waals surface area contributed by atoms with Crippen molar-refractivity contribution in [3.63, 3.8) is 0 Å². The molecule has 0 unspecified atom stereocenters. The number of hydrogen-bond acceptors (Lipinski definition) is 2. The zero-order valence-corrected chi connectivity index (χ0v) is 15.2. The minimum absolute atomic E-state index is 0.230.